The van der Waals surface area contributed by atoms with Gasteiger partial charge >= 0.3 is 5.97 Å². The lowest BCUT2D eigenvalue weighted by molar-refractivity contribution is -0.134. The van der Waals surface area contributed by atoms with E-state index in [1.165, 1.54) is 0 Å². The van der Waals surface area contributed by atoms with Gasteiger partial charge < -0.3 is 24.9 Å². The van der Waals surface area contributed by atoms with Crippen molar-refractivity contribution in [1.29, 1.82) is 0 Å². The zero-order valence-corrected chi connectivity index (χ0v) is 23.8. The van der Waals surface area contributed by atoms with Crippen molar-refractivity contribution in [2.45, 2.75) is 18.9 Å². The Labute approximate surface area is 247 Å². The van der Waals surface area contributed by atoms with Crippen molar-refractivity contribution < 1.29 is 14.3 Å². The van der Waals surface area contributed by atoms with Crippen LogP contribution in [0, 0.1) is 0 Å². The van der Waals surface area contributed by atoms with Gasteiger partial charge in [-0.1, -0.05) is 42.5 Å². The Balaban J connectivity index is 1.21. The summed E-state index contributed by atoms with van der Waals surface area (Å²) in [6.45, 7) is 0.827. The van der Waals surface area contributed by atoms with Crippen LogP contribution in [-0.2, 0) is 4.79 Å². The summed E-state index contributed by atoms with van der Waals surface area (Å²) in [4.78, 5) is 43.7. The number of hydrogen-bond donors (Lipinski definition) is 3. The highest BCUT2D eigenvalue weighted by molar-refractivity contribution is 6.06. The van der Waals surface area contributed by atoms with E-state index in [9.17, 15) is 9.59 Å². The monoisotopic (exact) mass is 570 g/mol. The largest absolute Gasteiger partial charge is 0.426 e. The predicted octanol–water partition coefficient (Wildman–Crippen LogP) is 5.85. The third-order valence-corrected chi connectivity index (χ3v) is 7.86. The standard InChI is InChI=1S/C34H30N6O3/c1-40(2)18-6-11-29(41)43-20-12-13-27-28(19-20)38-33(37-27)26-10-5-9-25-30(26)21-7-3-4-8-22(21)31(25)39-34(42)24-15-17-36-32-23(24)14-16-35-32/h3-5,7-10,12-17,19,31H,6,11,18H2,1-2H3,(H,35,36)(H,37,38)(H,39,42). The number of amides is 1. The molecule has 6 aromatic rings. The van der Waals surface area contributed by atoms with Gasteiger partial charge in [-0.15, -0.1) is 0 Å². The van der Waals surface area contributed by atoms with Gasteiger partial charge in [0.05, 0.1) is 22.6 Å². The SMILES string of the molecule is CN(C)CCCC(=O)Oc1ccc2nc(-c3cccc4c3-c3ccccc3C4NC(=O)c3ccnc4[nH]ccc34)[nH]c2c1. The minimum absolute atomic E-state index is 0.169. The molecule has 1 atom stereocenters. The topological polar surface area (TPSA) is 116 Å². The van der Waals surface area contributed by atoms with Crippen molar-refractivity contribution in [2.75, 3.05) is 20.6 Å². The fraction of sp³-hybridized carbons (Fsp3) is 0.176. The number of ether oxygens (including phenoxy) is 1. The molecule has 0 fully saturated rings. The van der Waals surface area contributed by atoms with Crippen molar-refractivity contribution in [1.82, 2.24) is 30.2 Å². The third-order valence-electron chi connectivity index (χ3n) is 7.86. The maximum atomic E-state index is 13.6. The number of imidazole rings is 1. The van der Waals surface area contributed by atoms with Gasteiger partial charge in [0.25, 0.3) is 5.91 Å². The van der Waals surface area contributed by atoms with E-state index < -0.39 is 0 Å². The predicted molar refractivity (Wildman–Crippen MR) is 166 cm³/mol. The molecule has 0 saturated carbocycles. The third kappa shape index (κ3) is 4.93. The molecule has 3 N–H and O–H groups in total. The number of rotatable bonds is 8. The van der Waals surface area contributed by atoms with Crippen molar-refractivity contribution in [3.8, 4) is 28.3 Å². The summed E-state index contributed by atoms with van der Waals surface area (Å²) in [5.41, 5.74) is 7.81. The fourth-order valence-corrected chi connectivity index (χ4v) is 5.88. The summed E-state index contributed by atoms with van der Waals surface area (Å²) in [6, 6.07) is 22.9. The van der Waals surface area contributed by atoms with E-state index in [4.69, 9.17) is 9.72 Å². The van der Waals surface area contributed by atoms with Crippen LogP contribution in [0.3, 0.4) is 0 Å². The van der Waals surface area contributed by atoms with E-state index in [2.05, 4.69) is 38.5 Å². The number of benzene rings is 3. The number of esters is 1. The highest BCUT2D eigenvalue weighted by atomic mass is 16.5. The summed E-state index contributed by atoms with van der Waals surface area (Å²) in [6.07, 6.45) is 4.52. The number of aromatic nitrogens is 4. The van der Waals surface area contributed by atoms with E-state index >= 15 is 0 Å². The number of nitrogens with one attached hydrogen (secondary N) is 3. The summed E-state index contributed by atoms with van der Waals surface area (Å²) < 4.78 is 5.60. The zero-order chi connectivity index (χ0) is 29.5. The molecule has 9 heteroatoms. The Bertz CT molecular complexity index is 2010. The molecule has 9 nitrogen and oxygen atoms in total. The Morgan fingerprint density at radius 1 is 0.977 bits per heavy atom. The number of H-pyrrole nitrogens is 2. The molecule has 43 heavy (non-hydrogen) atoms. The lowest BCUT2D eigenvalue weighted by Gasteiger charge is -2.16. The molecule has 1 amide bonds. The van der Waals surface area contributed by atoms with Gasteiger partial charge in [-0.2, -0.15) is 0 Å². The molecule has 7 rings (SSSR count). The van der Waals surface area contributed by atoms with Gasteiger partial charge in [-0.25, -0.2) is 9.97 Å². The summed E-state index contributed by atoms with van der Waals surface area (Å²) in [5, 5.41) is 4.06. The molecule has 0 radical (unpaired) electrons. The van der Waals surface area contributed by atoms with Crippen molar-refractivity contribution in [2.24, 2.45) is 0 Å². The van der Waals surface area contributed by atoms with E-state index in [1.54, 1.807) is 24.5 Å². The minimum Gasteiger partial charge on any atom is -0.426 e. The van der Waals surface area contributed by atoms with Crippen molar-refractivity contribution >= 4 is 33.9 Å². The quantitative estimate of drug-likeness (QED) is 0.156. The smallest absolute Gasteiger partial charge is 0.311 e. The number of carbonyl (C=O) groups excluding carboxylic acids is 2. The highest BCUT2D eigenvalue weighted by Crippen LogP contribution is 2.47. The molecule has 3 heterocycles. The molecule has 0 saturated heterocycles. The minimum atomic E-state index is -0.330. The van der Waals surface area contributed by atoms with Crippen LogP contribution >= 0.6 is 0 Å². The first-order valence-electron chi connectivity index (χ1n) is 14.3. The van der Waals surface area contributed by atoms with Gasteiger partial charge in [0.1, 0.15) is 17.2 Å². The summed E-state index contributed by atoms with van der Waals surface area (Å²) >= 11 is 0. The van der Waals surface area contributed by atoms with Crippen LogP contribution in [0.5, 0.6) is 5.75 Å². The normalized spacial score (nSPS) is 13.8. The first-order chi connectivity index (χ1) is 21.0. The van der Waals surface area contributed by atoms with Gasteiger partial charge in [0.2, 0.25) is 0 Å². The van der Waals surface area contributed by atoms with E-state index in [-0.39, 0.29) is 17.9 Å². The van der Waals surface area contributed by atoms with Crippen LogP contribution in [0.15, 0.2) is 85.2 Å². The van der Waals surface area contributed by atoms with Crippen LogP contribution < -0.4 is 10.1 Å². The average Bonchev–Trinajstić information content (AvgIpc) is 3.73. The van der Waals surface area contributed by atoms with Crippen LogP contribution in [0.1, 0.15) is 40.4 Å². The molecule has 0 spiro atoms. The average molecular weight is 571 g/mol. The summed E-state index contributed by atoms with van der Waals surface area (Å²) in [5.74, 6) is 0.760. The van der Waals surface area contributed by atoms with Gasteiger partial charge in [-0.3, -0.25) is 9.59 Å². The maximum Gasteiger partial charge on any atom is 0.311 e. The number of hydrogen-bond acceptors (Lipinski definition) is 6. The van der Waals surface area contributed by atoms with E-state index in [0.717, 1.165) is 57.2 Å². The van der Waals surface area contributed by atoms with Crippen LogP contribution in [0.2, 0.25) is 0 Å². The fourth-order valence-electron chi connectivity index (χ4n) is 5.88. The first kappa shape index (κ1) is 26.6. The van der Waals surface area contributed by atoms with E-state index in [0.29, 0.717) is 29.2 Å². The Morgan fingerprint density at radius 3 is 2.70 bits per heavy atom. The molecule has 3 aromatic heterocycles. The second kappa shape index (κ2) is 10.8. The van der Waals surface area contributed by atoms with Gasteiger partial charge in [-0.05, 0) is 73.6 Å². The second-order valence-corrected chi connectivity index (χ2v) is 11.0. The second-order valence-electron chi connectivity index (χ2n) is 11.0. The van der Waals surface area contributed by atoms with Crippen LogP contribution in [0.4, 0.5) is 0 Å². The van der Waals surface area contributed by atoms with E-state index in [1.807, 2.05) is 61.5 Å². The Morgan fingerprint density at radius 2 is 1.81 bits per heavy atom. The number of fused-ring (bicyclic) bond motifs is 5. The van der Waals surface area contributed by atoms with Crippen LogP contribution in [0.25, 0.3) is 44.6 Å². The van der Waals surface area contributed by atoms with Crippen molar-refractivity contribution in [3.63, 3.8) is 0 Å². The Hall–Kier alpha value is -5.28. The first-order valence-corrected chi connectivity index (χ1v) is 14.3. The molecule has 1 unspecified atom stereocenters. The molecule has 3 aromatic carbocycles. The van der Waals surface area contributed by atoms with Gasteiger partial charge in [0, 0.05) is 35.8 Å². The lowest BCUT2D eigenvalue weighted by Crippen LogP contribution is -2.28. The molecule has 0 bridgehead atoms. The van der Waals surface area contributed by atoms with Crippen molar-refractivity contribution in [3.05, 3.63) is 102 Å². The number of pyridine rings is 1. The number of aromatic amines is 2. The number of carbonyl (C=O) groups is 2. The maximum absolute atomic E-state index is 13.6. The Kier molecular flexibility index (Phi) is 6.71. The number of nitrogens with zero attached hydrogens (tertiary/aromatic N) is 3. The molecule has 1 aliphatic rings. The zero-order valence-electron chi connectivity index (χ0n) is 23.8. The van der Waals surface area contributed by atoms with Gasteiger partial charge in [0.15, 0.2) is 0 Å². The molecule has 214 valence electrons. The summed E-state index contributed by atoms with van der Waals surface area (Å²) in [7, 11) is 3.96. The molecular formula is C34H30N6O3. The van der Waals surface area contributed by atoms with Crippen LogP contribution in [-0.4, -0.2) is 57.4 Å². The highest BCUT2D eigenvalue weighted by Gasteiger charge is 2.32. The lowest BCUT2D eigenvalue weighted by atomic mass is 9.98. The molecule has 0 aliphatic heterocycles. The molecule has 1 aliphatic carbocycles. The molecular weight excluding hydrogens is 540 g/mol.